The zero-order valence-electron chi connectivity index (χ0n) is 12.9. The lowest BCUT2D eigenvalue weighted by molar-refractivity contribution is -0.679. The predicted molar refractivity (Wildman–Crippen MR) is 80.9 cm³/mol. The van der Waals surface area contributed by atoms with Crippen molar-refractivity contribution in [2.45, 2.75) is 64.7 Å². The number of aromatic nitrogens is 1. The SMILES string of the molecule is CCCCCCCCCCc1ccc(C(=O)O)c[n+]1C. The van der Waals surface area contributed by atoms with Crippen LogP contribution in [0.25, 0.3) is 0 Å². The molecule has 112 valence electrons. The number of aromatic carboxylic acids is 1. The molecule has 0 amide bonds. The number of carbonyl (C=O) groups is 1. The summed E-state index contributed by atoms with van der Waals surface area (Å²) in [5.41, 5.74) is 1.56. The zero-order valence-corrected chi connectivity index (χ0v) is 12.9. The molecule has 1 rings (SSSR count). The van der Waals surface area contributed by atoms with Crippen LogP contribution in [-0.2, 0) is 13.5 Å². The third-order valence-corrected chi connectivity index (χ3v) is 3.77. The Labute approximate surface area is 122 Å². The van der Waals surface area contributed by atoms with Crippen LogP contribution in [-0.4, -0.2) is 11.1 Å². The van der Waals surface area contributed by atoms with E-state index in [4.69, 9.17) is 5.11 Å². The van der Waals surface area contributed by atoms with E-state index < -0.39 is 5.97 Å². The molecular formula is C17H28NO2+. The third-order valence-electron chi connectivity index (χ3n) is 3.77. The second kappa shape index (κ2) is 9.51. The molecule has 0 spiro atoms. The highest BCUT2D eigenvalue weighted by Gasteiger charge is 2.11. The highest BCUT2D eigenvalue weighted by molar-refractivity contribution is 5.86. The van der Waals surface area contributed by atoms with Gasteiger partial charge < -0.3 is 5.11 Å². The van der Waals surface area contributed by atoms with Gasteiger partial charge in [0.15, 0.2) is 11.9 Å². The van der Waals surface area contributed by atoms with Crippen LogP contribution in [0, 0.1) is 0 Å². The lowest BCUT2D eigenvalue weighted by Gasteiger charge is -2.02. The van der Waals surface area contributed by atoms with Crippen LogP contribution in [0.2, 0.25) is 0 Å². The Morgan fingerprint density at radius 2 is 1.65 bits per heavy atom. The maximum absolute atomic E-state index is 10.9. The number of hydrogen-bond acceptors (Lipinski definition) is 1. The maximum Gasteiger partial charge on any atom is 0.341 e. The van der Waals surface area contributed by atoms with Gasteiger partial charge in [0.1, 0.15) is 12.6 Å². The van der Waals surface area contributed by atoms with Crippen LogP contribution in [0.15, 0.2) is 18.3 Å². The van der Waals surface area contributed by atoms with Gasteiger partial charge in [-0.2, -0.15) is 0 Å². The van der Waals surface area contributed by atoms with E-state index in [1.165, 1.54) is 57.1 Å². The Bertz CT molecular complexity index is 415. The average molecular weight is 278 g/mol. The first-order chi connectivity index (χ1) is 9.65. The van der Waals surface area contributed by atoms with Crippen molar-refractivity contribution in [1.29, 1.82) is 0 Å². The molecule has 0 saturated heterocycles. The first kappa shape index (κ1) is 16.7. The molecule has 0 radical (unpaired) electrons. The van der Waals surface area contributed by atoms with Crippen molar-refractivity contribution in [3.05, 3.63) is 29.6 Å². The molecule has 0 fully saturated rings. The fourth-order valence-electron chi connectivity index (χ4n) is 2.46. The molecule has 0 unspecified atom stereocenters. The van der Waals surface area contributed by atoms with E-state index in [-0.39, 0.29) is 0 Å². The minimum absolute atomic E-state index is 0.354. The monoisotopic (exact) mass is 278 g/mol. The Morgan fingerprint density at radius 1 is 1.05 bits per heavy atom. The second-order valence-corrected chi connectivity index (χ2v) is 5.55. The molecule has 20 heavy (non-hydrogen) atoms. The summed E-state index contributed by atoms with van der Waals surface area (Å²) in [7, 11) is 1.92. The molecule has 0 bridgehead atoms. The lowest BCUT2D eigenvalue weighted by atomic mass is 10.1. The first-order valence-corrected chi connectivity index (χ1v) is 7.87. The number of pyridine rings is 1. The fourth-order valence-corrected chi connectivity index (χ4v) is 2.46. The van der Waals surface area contributed by atoms with E-state index in [0.717, 1.165) is 6.42 Å². The molecule has 0 aromatic carbocycles. The van der Waals surface area contributed by atoms with Crippen molar-refractivity contribution < 1.29 is 14.5 Å². The Balaban J connectivity index is 2.20. The smallest absolute Gasteiger partial charge is 0.341 e. The largest absolute Gasteiger partial charge is 0.477 e. The van der Waals surface area contributed by atoms with Gasteiger partial charge in [0.05, 0.1) is 0 Å². The number of aryl methyl sites for hydroxylation is 2. The topological polar surface area (TPSA) is 41.2 Å². The highest BCUT2D eigenvalue weighted by Crippen LogP contribution is 2.10. The Morgan fingerprint density at radius 3 is 2.20 bits per heavy atom. The van der Waals surface area contributed by atoms with Crippen LogP contribution in [0.4, 0.5) is 0 Å². The normalized spacial score (nSPS) is 10.7. The number of carboxylic acid groups (broad SMARTS) is 1. The van der Waals surface area contributed by atoms with Crippen LogP contribution in [0.1, 0.15) is 74.3 Å². The molecule has 0 aliphatic rings. The molecule has 3 heteroatoms. The first-order valence-electron chi connectivity index (χ1n) is 7.87. The Kier molecular flexibility index (Phi) is 7.93. The highest BCUT2D eigenvalue weighted by atomic mass is 16.4. The summed E-state index contributed by atoms with van der Waals surface area (Å²) >= 11 is 0. The molecule has 3 nitrogen and oxygen atoms in total. The van der Waals surface area contributed by atoms with Gasteiger partial charge in [-0.15, -0.1) is 0 Å². The standard InChI is InChI=1S/C17H27NO2/c1-3-4-5-6-7-8-9-10-11-16-13-12-15(17(19)20)14-18(16)2/h12-14H,3-11H2,1-2H3/p+1. The van der Waals surface area contributed by atoms with Crippen molar-refractivity contribution in [2.75, 3.05) is 0 Å². The van der Waals surface area contributed by atoms with Crippen LogP contribution in [0.3, 0.4) is 0 Å². The van der Waals surface area contributed by atoms with Gasteiger partial charge in [0, 0.05) is 12.5 Å². The molecule has 0 atom stereocenters. The van der Waals surface area contributed by atoms with Crippen molar-refractivity contribution in [1.82, 2.24) is 0 Å². The number of carboxylic acids is 1. The molecule has 0 aliphatic carbocycles. The van der Waals surface area contributed by atoms with Crippen LogP contribution >= 0.6 is 0 Å². The van der Waals surface area contributed by atoms with Gasteiger partial charge in [0.25, 0.3) is 0 Å². The van der Waals surface area contributed by atoms with Gasteiger partial charge in [-0.3, -0.25) is 0 Å². The van der Waals surface area contributed by atoms with E-state index in [2.05, 4.69) is 6.92 Å². The van der Waals surface area contributed by atoms with Crippen molar-refractivity contribution >= 4 is 5.97 Å². The fraction of sp³-hybridized carbons (Fsp3) is 0.647. The summed E-state index contributed by atoms with van der Waals surface area (Å²) in [5, 5.41) is 8.92. The molecule has 1 heterocycles. The molecule has 0 saturated carbocycles. The third kappa shape index (κ3) is 6.18. The maximum atomic E-state index is 10.9. The van der Waals surface area contributed by atoms with Gasteiger partial charge in [-0.1, -0.05) is 51.9 Å². The van der Waals surface area contributed by atoms with Gasteiger partial charge in [0.2, 0.25) is 0 Å². The van der Waals surface area contributed by atoms with Crippen molar-refractivity contribution in [3.63, 3.8) is 0 Å². The summed E-state index contributed by atoms with van der Waals surface area (Å²) in [6, 6.07) is 3.63. The van der Waals surface area contributed by atoms with Gasteiger partial charge in [-0.05, 0) is 12.5 Å². The summed E-state index contributed by atoms with van der Waals surface area (Å²) in [6.07, 6.45) is 13.3. The number of nitrogens with zero attached hydrogens (tertiary/aromatic N) is 1. The van der Waals surface area contributed by atoms with Crippen molar-refractivity contribution in [2.24, 2.45) is 7.05 Å². The minimum atomic E-state index is -0.862. The quantitative estimate of drug-likeness (QED) is 0.521. The van der Waals surface area contributed by atoms with Crippen molar-refractivity contribution in [3.8, 4) is 0 Å². The predicted octanol–water partition coefficient (Wildman–Crippen LogP) is 3.89. The molecule has 1 aromatic rings. The minimum Gasteiger partial charge on any atom is -0.477 e. The average Bonchev–Trinajstić information content (AvgIpc) is 2.43. The lowest BCUT2D eigenvalue weighted by Crippen LogP contribution is -2.34. The van der Waals surface area contributed by atoms with E-state index >= 15 is 0 Å². The summed E-state index contributed by atoms with van der Waals surface area (Å²) in [6.45, 7) is 2.25. The van der Waals surface area contributed by atoms with Crippen LogP contribution in [0.5, 0.6) is 0 Å². The molecule has 1 aromatic heterocycles. The van der Waals surface area contributed by atoms with Gasteiger partial charge in [-0.25, -0.2) is 9.36 Å². The number of hydrogen-bond donors (Lipinski definition) is 1. The van der Waals surface area contributed by atoms with E-state index in [9.17, 15) is 4.79 Å². The molecule has 0 aliphatic heterocycles. The number of rotatable bonds is 10. The number of unbranched alkanes of at least 4 members (excludes halogenated alkanes) is 7. The van der Waals surface area contributed by atoms with E-state index in [1.54, 1.807) is 12.3 Å². The zero-order chi connectivity index (χ0) is 14.8. The van der Waals surface area contributed by atoms with Crippen LogP contribution < -0.4 is 4.57 Å². The molecular weight excluding hydrogens is 250 g/mol. The molecule has 1 N–H and O–H groups in total. The summed E-state index contributed by atoms with van der Waals surface area (Å²) < 4.78 is 1.94. The Hall–Kier alpha value is -1.38. The van der Waals surface area contributed by atoms with E-state index in [0.29, 0.717) is 5.56 Å². The van der Waals surface area contributed by atoms with Gasteiger partial charge >= 0.3 is 5.97 Å². The van der Waals surface area contributed by atoms with E-state index in [1.807, 2.05) is 17.7 Å². The summed E-state index contributed by atoms with van der Waals surface area (Å²) in [5.74, 6) is -0.862. The summed E-state index contributed by atoms with van der Waals surface area (Å²) in [4.78, 5) is 10.9. The second-order valence-electron chi connectivity index (χ2n) is 5.55.